The number of hydrogen-bond acceptors (Lipinski definition) is 5. The molecule has 2 aromatic carbocycles. The van der Waals surface area contributed by atoms with E-state index in [0.717, 1.165) is 16.8 Å². The van der Waals surface area contributed by atoms with Crippen molar-refractivity contribution in [2.45, 2.75) is 13.8 Å². The van der Waals surface area contributed by atoms with Gasteiger partial charge in [0, 0.05) is 23.7 Å². The van der Waals surface area contributed by atoms with Crippen LogP contribution in [-0.2, 0) is 16.6 Å². The van der Waals surface area contributed by atoms with Gasteiger partial charge in [-0.05, 0) is 43.0 Å². The van der Waals surface area contributed by atoms with Crippen molar-refractivity contribution >= 4 is 28.5 Å². The average molecular weight is 441 g/mol. The van der Waals surface area contributed by atoms with Gasteiger partial charge in [-0.15, -0.1) is 0 Å². The number of nitrogens with one attached hydrogen (secondary N) is 1. The van der Waals surface area contributed by atoms with Gasteiger partial charge in [-0.3, -0.25) is 9.59 Å². The minimum Gasteiger partial charge on any atom is -0.451 e. The number of anilines is 1. The second kappa shape index (κ2) is 9.08. The molecule has 7 heteroatoms. The highest BCUT2D eigenvalue weighted by molar-refractivity contribution is 6.07. The number of esters is 1. The number of nitrogens with zero attached hydrogens (tertiary/aromatic N) is 2. The molecule has 4 aromatic rings. The van der Waals surface area contributed by atoms with E-state index in [1.807, 2.05) is 50.2 Å². The van der Waals surface area contributed by atoms with Crippen LogP contribution in [0.25, 0.3) is 21.9 Å². The fourth-order valence-electron chi connectivity index (χ4n) is 3.71. The lowest BCUT2D eigenvalue weighted by Crippen LogP contribution is -2.28. The molecular formula is C26H23N3O4. The zero-order valence-electron chi connectivity index (χ0n) is 18.6. The Bertz CT molecular complexity index is 1420. The summed E-state index contributed by atoms with van der Waals surface area (Å²) in [7, 11) is 1.53. The molecule has 2 heterocycles. The van der Waals surface area contributed by atoms with Crippen LogP contribution in [0.1, 0.15) is 21.7 Å². The van der Waals surface area contributed by atoms with Crippen molar-refractivity contribution < 1.29 is 14.3 Å². The van der Waals surface area contributed by atoms with E-state index in [0.29, 0.717) is 22.2 Å². The molecule has 1 amide bonds. The summed E-state index contributed by atoms with van der Waals surface area (Å²) < 4.78 is 6.60. The van der Waals surface area contributed by atoms with Crippen molar-refractivity contribution in [2.24, 2.45) is 7.05 Å². The molecule has 0 saturated heterocycles. The Morgan fingerprint density at radius 3 is 2.33 bits per heavy atom. The van der Waals surface area contributed by atoms with Crippen molar-refractivity contribution in [1.29, 1.82) is 0 Å². The number of fused-ring (bicyclic) bond motifs is 1. The van der Waals surface area contributed by atoms with Crippen LogP contribution in [0.4, 0.5) is 5.82 Å². The Balaban J connectivity index is 1.70. The third-order valence-corrected chi connectivity index (χ3v) is 5.33. The number of aromatic nitrogens is 2. The summed E-state index contributed by atoms with van der Waals surface area (Å²) >= 11 is 0. The summed E-state index contributed by atoms with van der Waals surface area (Å²) in [5.41, 5.74) is 2.94. The van der Waals surface area contributed by atoms with Crippen molar-refractivity contribution in [3.63, 3.8) is 0 Å². The van der Waals surface area contributed by atoms with Crippen LogP contribution >= 0.6 is 0 Å². The molecule has 33 heavy (non-hydrogen) atoms. The number of carbonyl (C=O) groups is 2. The standard InChI is InChI=1S/C26H23N3O4/c1-16-11-13-18(14-12-16)23-19-8-4-5-9-20(19)25(31)29(3)24(23)26(32)33-15-22(30)28-21-10-6-7-17(2)27-21/h4-14H,15H2,1-3H3,(H,27,28,30). The van der Waals surface area contributed by atoms with Gasteiger partial charge >= 0.3 is 5.97 Å². The summed E-state index contributed by atoms with van der Waals surface area (Å²) in [6, 6.07) is 20.0. The number of ether oxygens (including phenoxy) is 1. The van der Waals surface area contributed by atoms with E-state index < -0.39 is 18.5 Å². The fraction of sp³-hybridized carbons (Fsp3) is 0.154. The lowest BCUT2D eigenvalue weighted by atomic mass is 9.96. The SMILES string of the molecule is Cc1ccc(-c2c(C(=O)OCC(=O)Nc3cccc(C)n3)n(C)c(=O)c3ccccc23)cc1. The zero-order valence-corrected chi connectivity index (χ0v) is 18.6. The van der Waals surface area contributed by atoms with Gasteiger partial charge in [0.1, 0.15) is 11.5 Å². The maximum atomic E-state index is 13.2. The quantitative estimate of drug-likeness (QED) is 0.473. The molecule has 1 N–H and O–H groups in total. The van der Waals surface area contributed by atoms with Gasteiger partial charge in [0.05, 0.1) is 0 Å². The summed E-state index contributed by atoms with van der Waals surface area (Å²) in [5.74, 6) is -0.915. The molecule has 0 atom stereocenters. The predicted molar refractivity (Wildman–Crippen MR) is 127 cm³/mol. The van der Waals surface area contributed by atoms with E-state index in [1.165, 1.54) is 11.6 Å². The smallest absolute Gasteiger partial charge is 0.356 e. The van der Waals surface area contributed by atoms with E-state index >= 15 is 0 Å². The van der Waals surface area contributed by atoms with Crippen LogP contribution in [0.5, 0.6) is 0 Å². The lowest BCUT2D eigenvalue weighted by Gasteiger charge is -2.17. The molecule has 166 valence electrons. The van der Waals surface area contributed by atoms with Gasteiger partial charge in [0.25, 0.3) is 11.5 Å². The predicted octanol–water partition coefficient (Wildman–Crippen LogP) is 4.01. The molecule has 4 rings (SSSR count). The second-order valence-electron chi connectivity index (χ2n) is 7.79. The first-order valence-electron chi connectivity index (χ1n) is 10.4. The number of benzene rings is 2. The molecule has 0 aliphatic heterocycles. The van der Waals surface area contributed by atoms with Gasteiger partial charge in [-0.25, -0.2) is 9.78 Å². The average Bonchev–Trinajstić information content (AvgIpc) is 2.80. The molecule has 0 unspecified atom stereocenters. The van der Waals surface area contributed by atoms with E-state index in [-0.39, 0.29) is 11.3 Å². The summed E-state index contributed by atoms with van der Waals surface area (Å²) in [6.45, 7) is 3.27. The lowest BCUT2D eigenvalue weighted by molar-refractivity contribution is -0.119. The van der Waals surface area contributed by atoms with Crippen molar-refractivity contribution in [1.82, 2.24) is 9.55 Å². The Morgan fingerprint density at radius 2 is 1.64 bits per heavy atom. The molecule has 0 fully saturated rings. The third kappa shape index (κ3) is 4.52. The second-order valence-corrected chi connectivity index (χ2v) is 7.79. The molecular weight excluding hydrogens is 418 g/mol. The minimum absolute atomic E-state index is 0.0871. The van der Waals surface area contributed by atoms with E-state index in [9.17, 15) is 14.4 Å². The number of rotatable bonds is 5. The molecule has 0 aliphatic rings. The summed E-state index contributed by atoms with van der Waals surface area (Å²) in [5, 5.41) is 3.74. The van der Waals surface area contributed by atoms with E-state index in [4.69, 9.17) is 4.74 Å². The van der Waals surface area contributed by atoms with Crippen molar-refractivity contribution in [2.75, 3.05) is 11.9 Å². The Kier molecular flexibility index (Phi) is 6.04. The molecule has 0 aliphatic carbocycles. The van der Waals surface area contributed by atoms with Crippen LogP contribution in [0.3, 0.4) is 0 Å². The van der Waals surface area contributed by atoms with Gasteiger partial charge < -0.3 is 14.6 Å². The summed E-state index contributed by atoms with van der Waals surface area (Å²) in [4.78, 5) is 42.6. The first-order chi connectivity index (χ1) is 15.8. The molecule has 7 nitrogen and oxygen atoms in total. The first-order valence-corrected chi connectivity index (χ1v) is 10.4. The van der Waals surface area contributed by atoms with Gasteiger partial charge in [0.2, 0.25) is 0 Å². The van der Waals surface area contributed by atoms with E-state index in [1.54, 1.807) is 30.3 Å². The highest BCUT2D eigenvalue weighted by Crippen LogP contribution is 2.31. The molecule has 2 aromatic heterocycles. The zero-order chi connectivity index (χ0) is 23.5. The van der Waals surface area contributed by atoms with Gasteiger partial charge in [0.15, 0.2) is 6.61 Å². The first kappa shape index (κ1) is 22.0. The topological polar surface area (TPSA) is 90.3 Å². The number of amides is 1. The Hall–Kier alpha value is -4.26. The van der Waals surface area contributed by atoms with E-state index in [2.05, 4.69) is 10.3 Å². The number of carbonyl (C=O) groups excluding carboxylic acids is 2. The Morgan fingerprint density at radius 1 is 0.939 bits per heavy atom. The van der Waals surface area contributed by atoms with Gasteiger partial charge in [-0.1, -0.05) is 54.1 Å². The minimum atomic E-state index is -0.761. The van der Waals surface area contributed by atoms with Crippen LogP contribution in [0.15, 0.2) is 71.5 Å². The van der Waals surface area contributed by atoms with Crippen LogP contribution in [-0.4, -0.2) is 28.0 Å². The Labute approximate surface area is 190 Å². The normalized spacial score (nSPS) is 10.8. The maximum Gasteiger partial charge on any atom is 0.356 e. The fourth-order valence-corrected chi connectivity index (χ4v) is 3.71. The highest BCUT2D eigenvalue weighted by Gasteiger charge is 2.23. The van der Waals surface area contributed by atoms with Crippen LogP contribution in [0, 0.1) is 13.8 Å². The molecule has 0 spiro atoms. The maximum absolute atomic E-state index is 13.2. The number of hydrogen-bond donors (Lipinski definition) is 1. The molecule has 0 bridgehead atoms. The molecule has 0 saturated carbocycles. The van der Waals surface area contributed by atoms with Crippen LogP contribution < -0.4 is 10.9 Å². The largest absolute Gasteiger partial charge is 0.451 e. The van der Waals surface area contributed by atoms with Crippen molar-refractivity contribution in [3.8, 4) is 11.1 Å². The summed E-state index contributed by atoms with van der Waals surface area (Å²) in [6.07, 6.45) is 0. The highest BCUT2D eigenvalue weighted by atomic mass is 16.5. The molecule has 0 radical (unpaired) electrons. The van der Waals surface area contributed by atoms with Crippen molar-refractivity contribution in [3.05, 3.63) is 94.0 Å². The monoisotopic (exact) mass is 441 g/mol. The van der Waals surface area contributed by atoms with Crippen LogP contribution in [0.2, 0.25) is 0 Å². The third-order valence-electron chi connectivity index (χ3n) is 5.33. The van der Waals surface area contributed by atoms with Gasteiger partial charge in [-0.2, -0.15) is 0 Å². The number of aryl methyl sites for hydroxylation is 2. The number of pyridine rings is 2.